The van der Waals surface area contributed by atoms with Gasteiger partial charge in [0.15, 0.2) is 0 Å². The summed E-state index contributed by atoms with van der Waals surface area (Å²) in [6, 6.07) is 8.61. The predicted molar refractivity (Wildman–Crippen MR) is 113 cm³/mol. The van der Waals surface area contributed by atoms with Crippen molar-refractivity contribution in [1.82, 2.24) is 13.8 Å². The quantitative estimate of drug-likeness (QED) is 0.721. The minimum absolute atomic E-state index is 0.00211. The summed E-state index contributed by atoms with van der Waals surface area (Å²) in [6.45, 7) is 0.955. The molecule has 0 bridgehead atoms. The first-order valence-electron chi connectivity index (χ1n) is 9.55. The van der Waals surface area contributed by atoms with Gasteiger partial charge in [-0.15, -0.1) is 0 Å². The molecule has 10 heteroatoms. The molecule has 2 aromatic rings. The summed E-state index contributed by atoms with van der Waals surface area (Å²) >= 11 is 5.89. The van der Waals surface area contributed by atoms with E-state index in [0.29, 0.717) is 24.4 Å². The van der Waals surface area contributed by atoms with E-state index >= 15 is 0 Å². The highest BCUT2D eigenvalue weighted by Crippen LogP contribution is 2.26. The van der Waals surface area contributed by atoms with Gasteiger partial charge in [-0.05, 0) is 36.6 Å². The van der Waals surface area contributed by atoms with Crippen LogP contribution in [-0.4, -0.2) is 54.1 Å². The summed E-state index contributed by atoms with van der Waals surface area (Å²) in [6.07, 6.45) is 2.27. The standard InChI is InChI=1S/C20H25ClN4O4S/c1-23-13-17(11-18(23)19(22)26)30(28,29)25-9-7-15(8-10-25)20(27)24(2)12-14-3-5-16(21)6-4-14/h3-6,11,13,15H,7-10,12H2,1-2H3,(H2,22,26). The third-order valence-corrected chi connectivity index (χ3v) is 7.50. The number of aromatic nitrogens is 1. The number of rotatable bonds is 6. The summed E-state index contributed by atoms with van der Waals surface area (Å²) in [4.78, 5) is 25.9. The lowest BCUT2D eigenvalue weighted by molar-refractivity contribution is -0.135. The number of amides is 2. The van der Waals surface area contributed by atoms with Gasteiger partial charge in [0, 0.05) is 50.9 Å². The number of halogens is 1. The zero-order valence-corrected chi connectivity index (χ0v) is 18.5. The van der Waals surface area contributed by atoms with Crippen LogP contribution in [-0.2, 0) is 28.4 Å². The lowest BCUT2D eigenvalue weighted by atomic mass is 9.96. The summed E-state index contributed by atoms with van der Waals surface area (Å²) in [5.74, 6) is -0.921. The average Bonchev–Trinajstić information content (AvgIpc) is 3.12. The van der Waals surface area contributed by atoms with Gasteiger partial charge in [0.1, 0.15) is 10.6 Å². The summed E-state index contributed by atoms with van der Waals surface area (Å²) in [5.41, 5.74) is 6.38. The number of benzene rings is 1. The van der Waals surface area contributed by atoms with Crippen molar-refractivity contribution in [1.29, 1.82) is 0 Å². The number of primary amides is 1. The maximum Gasteiger partial charge on any atom is 0.265 e. The minimum atomic E-state index is -3.75. The van der Waals surface area contributed by atoms with Gasteiger partial charge in [0.2, 0.25) is 15.9 Å². The molecule has 0 saturated carbocycles. The van der Waals surface area contributed by atoms with Crippen LogP contribution in [0.25, 0.3) is 0 Å². The lowest BCUT2D eigenvalue weighted by Crippen LogP contribution is -2.43. The number of piperidine rings is 1. The number of nitrogens with zero attached hydrogens (tertiary/aromatic N) is 3. The van der Waals surface area contributed by atoms with Crippen molar-refractivity contribution in [3.05, 3.63) is 52.8 Å². The van der Waals surface area contributed by atoms with Crippen molar-refractivity contribution in [2.24, 2.45) is 18.7 Å². The van der Waals surface area contributed by atoms with Gasteiger partial charge in [0.25, 0.3) is 5.91 Å². The first-order chi connectivity index (χ1) is 14.1. The van der Waals surface area contributed by atoms with E-state index in [1.54, 1.807) is 31.1 Å². The number of nitrogens with two attached hydrogens (primary N) is 1. The molecule has 1 saturated heterocycles. The number of carbonyl (C=O) groups excluding carboxylic acids is 2. The number of carbonyl (C=O) groups is 2. The van der Waals surface area contributed by atoms with Gasteiger partial charge in [-0.3, -0.25) is 9.59 Å². The molecule has 8 nitrogen and oxygen atoms in total. The second-order valence-corrected chi connectivity index (χ2v) is 9.91. The zero-order valence-electron chi connectivity index (χ0n) is 16.9. The highest BCUT2D eigenvalue weighted by atomic mass is 35.5. The molecule has 0 spiro atoms. The molecule has 1 aliphatic rings. The van der Waals surface area contributed by atoms with Crippen LogP contribution in [0.5, 0.6) is 0 Å². The molecule has 1 aromatic heterocycles. The topological polar surface area (TPSA) is 106 Å². The van der Waals surface area contributed by atoms with Crippen LogP contribution < -0.4 is 5.73 Å². The molecule has 2 N–H and O–H groups in total. The van der Waals surface area contributed by atoms with E-state index in [2.05, 4.69) is 0 Å². The Morgan fingerprint density at radius 3 is 2.33 bits per heavy atom. The van der Waals surface area contributed by atoms with Crippen molar-refractivity contribution in [3.8, 4) is 0 Å². The van der Waals surface area contributed by atoms with E-state index in [9.17, 15) is 18.0 Å². The highest BCUT2D eigenvalue weighted by Gasteiger charge is 2.34. The Labute approximate surface area is 181 Å². The summed E-state index contributed by atoms with van der Waals surface area (Å²) in [7, 11) is -0.437. The van der Waals surface area contributed by atoms with E-state index in [1.165, 1.54) is 21.1 Å². The molecule has 30 heavy (non-hydrogen) atoms. The van der Waals surface area contributed by atoms with E-state index < -0.39 is 15.9 Å². The van der Waals surface area contributed by atoms with Crippen LogP contribution in [0, 0.1) is 5.92 Å². The Balaban J connectivity index is 1.62. The number of hydrogen-bond acceptors (Lipinski definition) is 4. The molecule has 1 aliphatic heterocycles. The number of hydrogen-bond donors (Lipinski definition) is 1. The third kappa shape index (κ3) is 4.69. The molecule has 0 unspecified atom stereocenters. The molecular formula is C20H25ClN4O4S. The fraction of sp³-hybridized carbons (Fsp3) is 0.400. The van der Waals surface area contributed by atoms with E-state index in [1.807, 2.05) is 12.1 Å². The van der Waals surface area contributed by atoms with Gasteiger partial charge < -0.3 is 15.2 Å². The molecule has 1 aromatic carbocycles. The average molecular weight is 453 g/mol. The van der Waals surface area contributed by atoms with Crippen molar-refractivity contribution >= 4 is 33.4 Å². The van der Waals surface area contributed by atoms with Crippen LogP contribution in [0.1, 0.15) is 28.9 Å². The normalized spacial score (nSPS) is 15.8. The first kappa shape index (κ1) is 22.3. The van der Waals surface area contributed by atoms with Crippen LogP contribution in [0.4, 0.5) is 0 Å². The van der Waals surface area contributed by atoms with Crippen LogP contribution in [0.2, 0.25) is 5.02 Å². The van der Waals surface area contributed by atoms with Crippen molar-refractivity contribution in [2.45, 2.75) is 24.3 Å². The third-order valence-electron chi connectivity index (χ3n) is 5.38. The molecule has 0 radical (unpaired) electrons. The minimum Gasteiger partial charge on any atom is -0.364 e. The smallest absolute Gasteiger partial charge is 0.265 e. The second kappa shape index (κ2) is 8.79. The molecule has 162 valence electrons. The molecule has 1 fully saturated rings. The molecule has 3 rings (SSSR count). The fourth-order valence-corrected chi connectivity index (χ4v) is 5.33. The van der Waals surface area contributed by atoms with Gasteiger partial charge in [-0.2, -0.15) is 4.31 Å². The van der Waals surface area contributed by atoms with E-state index in [4.69, 9.17) is 17.3 Å². The predicted octanol–water partition coefficient (Wildman–Crippen LogP) is 1.84. The fourth-order valence-electron chi connectivity index (χ4n) is 3.67. The Kier molecular flexibility index (Phi) is 6.54. The largest absolute Gasteiger partial charge is 0.364 e. The van der Waals surface area contributed by atoms with Gasteiger partial charge in [-0.1, -0.05) is 23.7 Å². The molecule has 0 aliphatic carbocycles. The first-order valence-corrected chi connectivity index (χ1v) is 11.4. The van der Waals surface area contributed by atoms with Gasteiger partial charge >= 0.3 is 0 Å². The highest BCUT2D eigenvalue weighted by molar-refractivity contribution is 7.89. The SMILES string of the molecule is CN(Cc1ccc(Cl)cc1)C(=O)C1CCN(S(=O)(=O)c2cc(C(N)=O)n(C)c2)CC1. The van der Waals surface area contributed by atoms with Crippen molar-refractivity contribution < 1.29 is 18.0 Å². The van der Waals surface area contributed by atoms with Crippen LogP contribution in [0.15, 0.2) is 41.4 Å². The second-order valence-electron chi connectivity index (χ2n) is 7.54. The van der Waals surface area contributed by atoms with Crippen molar-refractivity contribution in [2.75, 3.05) is 20.1 Å². The number of sulfonamides is 1. The Morgan fingerprint density at radius 1 is 1.20 bits per heavy atom. The lowest BCUT2D eigenvalue weighted by Gasteiger charge is -2.32. The summed E-state index contributed by atoms with van der Waals surface area (Å²) < 4.78 is 28.6. The zero-order chi connectivity index (χ0) is 22.1. The van der Waals surface area contributed by atoms with Gasteiger partial charge in [0.05, 0.1) is 0 Å². The Hall–Kier alpha value is -2.36. The Morgan fingerprint density at radius 2 is 1.80 bits per heavy atom. The molecular weight excluding hydrogens is 428 g/mol. The molecule has 2 heterocycles. The van der Waals surface area contributed by atoms with E-state index in [0.717, 1.165) is 5.56 Å². The van der Waals surface area contributed by atoms with Crippen molar-refractivity contribution in [3.63, 3.8) is 0 Å². The Bertz CT molecular complexity index is 1040. The number of aryl methyl sites for hydroxylation is 1. The summed E-state index contributed by atoms with van der Waals surface area (Å²) in [5, 5.41) is 0.641. The maximum absolute atomic E-state index is 12.9. The van der Waals surface area contributed by atoms with Gasteiger partial charge in [-0.25, -0.2) is 8.42 Å². The monoisotopic (exact) mass is 452 g/mol. The van der Waals surface area contributed by atoms with Crippen LogP contribution in [0.3, 0.4) is 0 Å². The molecule has 0 atom stereocenters. The van der Waals surface area contributed by atoms with E-state index in [-0.39, 0.29) is 35.5 Å². The van der Waals surface area contributed by atoms with Crippen LogP contribution >= 0.6 is 11.6 Å². The maximum atomic E-state index is 12.9. The molecule has 2 amide bonds.